The van der Waals surface area contributed by atoms with Crippen molar-refractivity contribution >= 4 is 25.9 Å². The van der Waals surface area contributed by atoms with Gasteiger partial charge >= 0.3 is 0 Å². The molecule has 1 rings (SSSR count). The molecule has 0 aliphatic rings. The third kappa shape index (κ3) is 3.40. The molecule has 0 radical (unpaired) electrons. The summed E-state index contributed by atoms with van der Waals surface area (Å²) >= 11 is 0. The van der Waals surface area contributed by atoms with E-state index in [4.69, 9.17) is 5.14 Å². The predicted molar refractivity (Wildman–Crippen MR) is 64.2 cm³/mol. The van der Waals surface area contributed by atoms with Crippen LogP contribution in [-0.2, 0) is 20.2 Å². The molecular weight excluding hydrogens is 266 g/mol. The van der Waals surface area contributed by atoms with Crippen molar-refractivity contribution in [1.29, 1.82) is 0 Å². The zero-order valence-corrected chi connectivity index (χ0v) is 10.9. The highest BCUT2D eigenvalue weighted by molar-refractivity contribution is 7.90. The fraction of sp³-hybridized carbons (Fsp3) is 0.250. The van der Waals surface area contributed by atoms with Crippen molar-refractivity contribution in [2.45, 2.75) is 11.8 Å². The Labute approximate surface area is 100 Å². The van der Waals surface area contributed by atoms with E-state index in [0.29, 0.717) is 0 Å². The summed E-state index contributed by atoms with van der Waals surface area (Å²) in [5.41, 5.74) is 0.403. The molecule has 0 fully saturated rings. The zero-order chi connectivity index (χ0) is 13.3. The van der Waals surface area contributed by atoms with Crippen LogP contribution < -0.4 is 14.6 Å². The Hall–Kier alpha value is -1.16. The largest absolute Gasteiger partial charge is 0.298 e. The minimum Gasteiger partial charge on any atom is -0.271 e. The molecule has 4 N–H and O–H groups in total. The fourth-order valence-corrected chi connectivity index (χ4v) is 2.65. The third-order valence-electron chi connectivity index (χ3n) is 2.10. The molecule has 0 saturated carbocycles. The number of anilines is 1. The number of rotatable bonds is 4. The molecule has 0 saturated heterocycles. The Morgan fingerprint density at radius 2 is 1.76 bits per heavy atom. The van der Waals surface area contributed by atoms with Gasteiger partial charge in [-0.3, -0.25) is 4.72 Å². The van der Waals surface area contributed by atoms with Gasteiger partial charge in [-0.15, -0.1) is 0 Å². The van der Waals surface area contributed by atoms with Gasteiger partial charge in [-0.25, -0.2) is 18.3 Å². The molecule has 0 spiro atoms. The van der Waals surface area contributed by atoms with Crippen LogP contribution in [0.25, 0.3) is 0 Å². The number of hydrogen-bond acceptors (Lipinski definition) is 4. The van der Waals surface area contributed by atoms with Crippen LogP contribution in [0.1, 0.15) is 5.56 Å². The molecule has 0 aliphatic carbocycles. The van der Waals surface area contributed by atoms with E-state index in [1.165, 1.54) is 32.2 Å². The van der Waals surface area contributed by atoms with Crippen LogP contribution in [-0.4, -0.2) is 23.9 Å². The molecular formula is C8H13N3O4S2. The van der Waals surface area contributed by atoms with Gasteiger partial charge < -0.3 is 0 Å². The summed E-state index contributed by atoms with van der Waals surface area (Å²) in [5, 5.41) is 5.00. The minimum atomic E-state index is -3.87. The van der Waals surface area contributed by atoms with Crippen molar-refractivity contribution < 1.29 is 16.8 Å². The third-order valence-corrected chi connectivity index (χ3v) is 4.19. The molecule has 0 heterocycles. The topological polar surface area (TPSA) is 118 Å². The van der Waals surface area contributed by atoms with Gasteiger partial charge in [0, 0.05) is 7.05 Å². The van der Waals surface area contributed by atoms with Gasteiger partial charge in [-0.2, -0.15) is 8.42 Å². The van der Waals surface area contributed by atoms with E-state index in [0.717, 1.165) is 0 Å². The van der Waals surface area contributed by atoms with E-state index in [1.54, 1.807) is 0 Å². The first-order valence-electron chi connectivity index (χ1n) is 4.51. The average Bonchev–Trinajstić information content (AvgIpc) is 2.19. The number of primary sulfonamides is 1. The minimum absolute atomic E-state index is 0.117. The highest BCUT2D eigenvalue weighted by Gasteiger charge is 2.16. The molecule has 96 valence electrons. The molecule has 0 aliphatic heterocycles. The number of nitrogens with one attached hydrogen (secondary N) is 2. The highest BCUT2D eigenvalue weighted by atomic mass is 32.2. The SMILES string of the molecule is CNS(=O)(=O)Nc1cccc(S(N)(=O)=O)c1C. The van der Waals surface area contributed by atoms with Gasteiger partial charge in [0.15, 0.2) is 0 Å². The van der Waals surface area contributed by atoms with Gasteiger partial charge in [0.25, 0.3) is 10.2 Å². The summed E-state index contributed by atoms with van der Waals surface area (Å²) in [4.78, 5) is -0.117. The lowest BCUT2D eigenvalue weighted by Crippen LogP contribution is -2.27. The second kappa shape index (κ2) is 4.61. The van der Waals surface area contributed by atoms with Crippen LogP contribution in [0.2, 0.25) is 0 Å². The van der Waals surface area contributed by atoms with Crippen molar-refractivity contribution in [2.24, 2.45) is 5.14 Å². The van der Waals surface area contributed by atoms with Crippen LogP contribution >= 0.6 is 0 Å². The van der Waals surface area contributed by atoms with Gasteiger partial charge in [-0.1, -0.05) is 6.07 Å². The first kappa shape index (κ1) is 13.9. The molecule has 0 aromatic heterocycles. The fourth-order valence-electron chi connectivity index (χ4n) is 1.23. The maximum absolute atomic E-state index is 11.3. The van der Waals surface area contributed by atoms with Gasteiger partial charge in [0.2, 0.25) is 10.0 Å². The standard InChI is InChI=1S/C8H13N3O4S2/c1-6-7(11-17(14,15)10-2)4-3-5-8(6)16(9,12)13/h3-5,10-11H,1-2H3,(H2,9,12,13). The summed E-state index contributed by atoms with van der Waals surface area (Å²) in [6, 6.07) is 4.15. The maximum Gasteiger partial charge on any atom is 0.298 e. The Balaban J connectivity index is 3.31. The highest BCUT2D eigenvalue weighted by Crippen LogP contribution is 2.22. The van der Waals surface area contributed by atoms with Crippen molar-refractivity contribution in [2.75, 3.05) is 11.8 Å². The summed E-state index contributed by atoms with van der Waals surface area (Å²) < 4.78 is 49.3. The molecule has 0 bridgehead atoms. The Bertz CT molecular complexity index is 622. The van der Waals surface area contributed by atoms with E-state index in [9.17, 15) is 16.8 Å². The smallest absolute Gasteiger partial charge is 0.271 e. The molecule has 17 heavy (non-hydrogen) atoms. The van der Waals surface area contributed by atoms with E-state index in [1.807, 2.05) is 0 Å². The zero-order valence-electron chi connectivity index (χ0n) is 9.26. The molecule has 0 atom stereocenters. The van der Waals surface area contributed by atoms with Crippen LogP contribution in [0.15, 0.2) is 23.1 Å². The normalized spacial score (nSPS) is 12.4. The molecule has 1 aromatic rings. The molecule has 7 nitrogen and oxygen atoms in total. The molecule has 0 amide bonds. The Morgan fingerprint density at radius 3 is 2.24 bits per heavy atom. The predicted octanol–water partition coefficient (Wildman–Crippen LogP) is -0.481. The van der Waals surface area contributed by atoms with Gasteiger partial charge in [0.1, 0.15) is 0 Å². The van der Waals surface area contributed by atoms with Crippen molar-refractivity contribution in [3.05, 3.63) is 23.8 Å². The maximum atomic E-state index is 11.3. The van der Waals surface area contributed by atoms with E-state index in [2.05, 4.69) is 9.44 Å². The average molecular weight is 279 g/mol. The summed E-state index contributed by atoms with van der Waals surface area (Å²) in [6.07, 6.45) is 0. The monoisotopic (exact) mass is 279 g/mol. The first-order valence-corrected chi connectivity index (χ1v) is 7.54. The summed E-state index contributed by atoms with van der Waals surface area (Å²) in [5.74, 6) is 0. The Morgan fingerprint density at radius 1 is 1.18 bits per heavy atom. The summed E-state index contributed by atoms with van der Waals surface area (Å²) in [6.45, 7) is 1.47. The number of benzene rings is 1. The van der Waals surface area contributed by atoms with E-state index < -0.39 is 20.2 Å². The van der Waals surface area contributed by atoms with E-state index in [-0.39, 0.29) is 16.1 Å². The second-order valence-electron chi connectivity index (χ2n) is 3.28. The molecule has 9 heteroatoms. The summed E-state index contributed by atoms with van der Waals surface area (Å²) in [7, 11) is -6.33. The quantitative estimate of drug-likeness (QED) is 0.689. The van der Waals surface area contributed by atoms with Gasteiger partial charge in [-0.05, 0) is 24.6 Å². The van der Waals surface area contributed by atoms with Gasteiger partial charge in [0.05, 0.1) is 10.6 Å². The van der Waals surface area contributed by atoms with Crippen molar-refractivity contribution in [1.82, 2.24) is 4.72 Å². The number of hydrogen-bond donors (Lipinski definition) is 3. The first-order chi connectivity index (χ1) is 7.67. The van der Waals surface area contributed by atoms with Crippen LogP contribution in [0.5, 0.6) is 0 Å². The van der Waals surface area contributed by atoms with Crippen LogP contribution in [0.3, 0.4) is 0 Å². The number of nitrogens with two attached hydrogens (primary N) is 1. The second-order valence-corrected chi connectivity index (χ2v) is 6.43. The Kier molecular flexibility index (Phi) is 3.77. The lowest BCUT2D eigenvalue weighted by molar-refractivity contribution is 0.592. The van der Waals surface area contributed by atoms with Crippen molar-refractivity contribution in [3.8, 4) is 0 Å². The van der Waals surface area contributed by atoms with E-state index >= 15 is 0 Å². The van der Waals surface area contributed by atoms with Crippen LogP contribution in [0.4, 0.5) is 5.69 Å². The molecule has 1 aromatic carbocycles. The lowest BCUT2D eigenvalue weighted by Gasteiger charge is -2.11. The lowest BCUT2D eigenvalue weighted by atomic mass is 10.2. The van der Waals surface area contributed by atoms with Crippen LogP contribution in [0, 0.1) is 6.92 Å². The van der Waals surface area contributed by atoms with Crippen molar-refractivity contribution in [3.63, 3.8) is 0 Å². The number of sulfonamides is 1. The molecule has 0 unspecified atom stereocenters.